The van der Waals surface area contributed by atoms with Gasteiger partial charge >= 0.3 is 0 Å². The van der Waals surface area contributed by atoms with Crippen LogP contribution in [0.25, 0.3) is 22.8 Å². The van der Waals surface area contributed by atoms with Crippen LogP contribution in [0.3, 0.4) is 0 Å². The largest absolute Gasteiger partial charge is 0.497 e. The standard InChI is InChI=1S/C15H12N4O/c1-20-13-9-7-12(8-10-13)15-18-16-14(17-19-15)11-5-3-2-4-6-11/h2-10H,1H3. The molecule has 0 N–H and O–H groups in total. The fraction of sp³-hybridized carbons (Fsp3) is 0.0667. The van der Waals surface area contributed by atoms with Crippen LogP contribution in [0.4, 0.5) is 0 Å². The number of hydrogen-bond acceptors (Lipinski definition) is 5. The van der Waals surface area contributed by atoms with Gasteiger partial charge in [0, 0.05) is 11.1 Å². The first kappa shape index (κ1) is 12.2. The molecule has 1 aromatic heterocycles. The zero-order valence-corrected chi connectivity index (χ0v) is 10.9. The molecule has 5 nitrogen and oxygen atoms in total. The summed E-state index contributed by atoms with van der Waals surface area (Å²) in [5.74, 6) is 1.80. The summed E-state index contributed by atoms with van der Waals surface area (Å²) in [7, 11) is 1.63. The summed E-state index contributed by atoms with van der Waals surface area (Å²) in [4.78, 5) is 0. The van der Waals surface area contributed by atoms with Crippen molar-refractivity contribution in [3.05, 3.63) is 54.6 Å². The third kappa shape index (κ3) is 2.47. The third-order valence-electron chi connectivity index (χ3n) is 2.86. The molecular formula is C15H12N4O. The lowest BCUT2D eigenvalue weighted by Gasteiger charge is -2.02. The minimum Gasteiger partial charge on any atom is -0.497 e. The lowest BCUT2D eigenvalue weighted by Crippen LogP contribution is -1.99. The van der Waals surface area contributed by atoms with E-state index in [0.29, 0.717) is 11.6 Å². The van der Waals surface area contributed by atoms with Crippen LogP contribution in [0.15, 0.2) is 54.6 Å². The van der Waals surface area contributed by atoms with Gasteiger partial charge in [-0.25, -0.2) is 0 Å². The smallest absolute Gasteiger partial charge is 0.203 e. The normalized spacial score (nSPS) is 10.2. The highest BCUT2D eigenvalue weighted by Gasteiger charge is 2.06. The van der Waals surface area contributed by atoms with Gasteiger partial charge in [-0.1, -0.05) is 30.3 Å². The first-order valence-electron chi connectivity index (χ1n) is 6.14. The molecule has 0 spiro atoms. The van der Waals surface area contributed by atoms with Gasteiger partial charge in [-0.3, -0.25) is 0 Å². The maximum atomic E-state index is 5.11. The van der Waals surface area contributed by atoms with Gasteiger partial charge in [-0.05, 0) is 24.3 Å². The van der Waals surface area contributed by atoms with E-state index in [0.717, 1.165) is 16.9 Å². The number of benzene rings is 2. The van der Waals surface area contributed by atoms with E-state index in [1.54, 1.807) is 7.11 Å². The van der Waals surface area contributed by atoms with Gasteiger partial charge in [-0.15, -0.1) is 20.4 Å². The highest BCUT2D eigenvalue weighted by atomic mass is 16.5. The second kappa shape index (κ2) is 5.44. The predicted octanol–water partition coefficient (Wildman–Crippen LogP) is 2.61. The molecule has 5 heteroatoms. The fourth-order valence-corrected chi connectivity index (χ4v) is 1.79. The molecule has 0 bridgehead atoms. The number of hydrogen-bond donors (Lipinski definition) is 0. The lowest BCUT2D eigenvalue weighted by atomic mass is 10.2. The fourth-order valence-electron chi connectivity index (χ4n) is 1.79. The monoisotopic (exact) mass is 264 g/mol. The van der Waals surface area contributed by atoms with Crippen molar-refractivity contribution < 1.29 is 4.74 Å². The predicted molar refractivity (Wildman–Crippen MR) is 75.0 cm³/mol. The van der Waals surface area contributed by atoms with Crippen molar-refractivity contribution >= 4 is 0 Å². The summed E-state index contributed by atoms with van der Waals surface area (Å²) >= 11 is 0. The van der Waals surface area contributed by atoms with Crippen molar-refractivity contribution in [3.8, 4) is 28.5 Å². The Labute approximate surface area is 116 Å². The van der Waals surface area contributed by atoms with E-state index in [-0.39, 0.29) is 0 Å². The van der Waals surface area contributed by atoms with Crippen LogP contribution in [0.5, 0.6) is 5.75 Å². The van der Waals surface area contributed by atoms with Crippen LogP contribution in [0.1, 0.15) is 0 Å². The number of aromatic nitrogens is 4. The van der Waals surface area contributed by atoms with Gasteiger partial charge in [0.15, 0.2) is 0 Å². The Morgan fingerprint density at radius 2 is 1.15 bits per heavy atom. The first-order chi connectivity index (χ1) is 9.86. The summed E-state index contributed by atoms with van der Waals surface area (Å²) in [6.45, 7) is 0. The van der Waals surface area contributed by atoms with E-state index in [9.17, 15) is 0 Å². The minimum absolute atomic E-state index is 0.493. The van der Waals surface area contributed by atoms with Gasteiger partial charge < -0.3 is 4.74 Å². The first-order valence-corrected chi connectivity index (χ1v) is 6.14. The molecule has 0 saturated heterocycles. The molecule has 0 aliphatic carbocycles. The zero-order valence-electron chi connectivity index (χ0n) is 10.9. The van der Waals surface area contributed by atoms with E-state index >= 15 is 0 Å². The molecule has 0 radical (unpaired) electrons. The summed E-state index contributed by atoms with van der Waals surface area (Å²) in [6, 6.07) is 17.1. The molecule has 0 amide bonds. The highest BCUT2D eigenvalue weighted by Crippen LogP contribution is 2.19. The van der Waals surface area contributed by atoms with E-state index < -0.39 is 0 Å². The Morgan fingerprint density at radius 3 is 1.65 bits per heavy atom. The third-order valence-corrected chi connectivity index (χ3v) is 2.86. The Balaban J connectivity index is 1.89. The van der Waals surface area contributed by atoms with Gasteiger partial charge in [0.1, 0.15) is 5.75 Å². The Morgan fingerprint density at radius 1 is 0.650 bits per heavy atom. The Hall–Kier alpha value is -2.82. The van der Waals surface area contributed by atoms with Crippen LogP contribution in [0, 0.1) is 0 Å². The van der Waals surface area contributed by atoms with Crippen molar-refractivity contribution in [2.75, 3.05) is 7.11 Å². The molecule has 0 fully saturated rings. The maximum Gasteiger partial charge on any atom is 0.203 e. The van der Waals surface area contributed by atoms with E-state index in [1.165, 1.54) is 0 Å². The molecule has 0 atom stereocenters. The van der Waals surface area contributed by atoms with Gasteiger partial charge in [-0.2, -0.15) is 0 Å². The van der Waals surface area contributed by atoms with E-state index in [4.69, 9.17) is 4.74 Å². The summed E-state index contributed by atoms with van der Waals surface area (Å²) < 4.78 is 5.11. The molecule has 3 rings (SSSR count). The summed E-state index contributed by atoms with van der Waals surface area (Å²) in [6.07, 6.45) is 0. The van der Waals surface area contributed by atoms with E-state index in [1.807, 2.05) is 54.6 Å². The van der Waals surface area contributed by atoms with Crippen molar-refractivity contribution in [2.24, 2.45) is 0 Å². The number of nitrogens with zero attached hydrogens (tertiary/aromatic N) is 4. The van der Waals surface area contributed by atoms with Gasteiger partial charge in [0.05, 0.1) is 7.11 Å². The Kier molecular flexibility index (Phi) is 3.33. The second-order valence-corrected chi connectivity index (χ2v) is 4.14. The maximum absolute atomic E-state index is 5.11. The number of methoxy groups -OCH3 is 1. The molecule has 0 aliphatic rings. The van der Waals surface area contributed by atoms with E-state index in [2.05, 4.69) is 20.4 Å². The quantitative estimate of drug-likeness (QED) is 0.727. The SMILES string of the molecule is COc1ccc(-c2nnc(-c3ccccc3)nn2)cc1. The average Bonchev–Trinajstić information content (AvgIpc) is 2.56. The molecule has 0 saturated carbocycles. The molecular weight excluding hydrogens is 252 g/mol. The van der Waals surface area contributed by atoms with Crippen molar-refractivity contribution in [2.45, 2.75) is 0 Å². The number of ether oxygens (including phenoxy) is 1. The van der Waals surface area contributed by atoms with Crippen LogP contribution in [-0.4, -0.2) is 27.5 Å². The van der Waals surface area contributed by atoms with Crippen LogP contribution in [-0.2, 0) is 0 Å². The van der Waals surface area contributed by atoms with Crippen LogP contribution < -0.4 is 4.74 Å². The minimum atomic E-state index is 0.493. The van der Waals surface area contributed by atoms with Crippen molar-refractivity contribution in [3.63, 3.8) is 0 Å². The molecule has 0 aliphatic heterocycles. The summed E-state index contributed by atoms with van der Waals surface area (Å²) in [5.41, 5.74) is 1.75. The molecule has 2 aromatic carbocycles. The van der Waals surface area contributed by atoms with Gasteiger partial charge in [0.2, 0.25) is 11.6 Å². The van der Waals surface area contributed by atoms with Crippen LogP contribution >= 0.6 is 0 Å². The van der Waals surface area contributed by atoms with Gasteiger partial charge in [0.25, 0.3) is 0 Å². The summed E-state index contributed by atoms with van der Waals surface area (Å²) in [5, 5.41) is 16.5. The molecule has 98 valence electrons. The second-order valence-electron chi connectivity index (χ2n) is 4.14. The molecule has 0 unspecified atom stereocenters. The van der Waals surface area contributed by atoms with Crippen LogP contribution in [0.2, 0.25) is 0 Å². The lowest BCUT2D eigenvalue weighted by molar-refractivity contribution is 0.415. The Bertz CT molecular complexity index is 681. The molecule has 3 aromatic rings. The number of rotatable bonds is 3. The van der Waals surface area contributed by atoms with Crippen molar-refractivity contribution in [1.82, 2.24) is 20.4 Å². The van der Waals surface area contributed by atoms with Crippen molar-refractivity contribution in [1.29, 1.82) is 0 Å². The highest BCUT2D eigenvalue weighted by molar-refractivity contribution is 5.57. The molecule has 1 heterocycles. The molecule has 20 heavy (non-hydrogen) atoms. The zero-order chi connectivity index (χ0) is 13.8. The average molecular weight is 264 g/mol. The topological polar surface area (TPSA) is 60.8 Å².